The summed E-state index contributed by atoms with van der Waals surface area (Å²) in [6.07, 6.45) is 3.63. The van der Waals surface area contributed by atoms with Crippen LogP contribution < -0.4 is 5.73 Å². The van der Waals surface area contributed by atoms with Gasteiger partial charge in [0.1, 0.15) is 10.9 Å². The van der Waals surface area contributed by atoms with E-state index in [2.05, 4.69) is 4.98 Å². The van der Waals surface area contributed by atoms with Gasteiger partial charge in [-0.1, -0.05) is 18.6 Å². The van der Waals surface area contributed by atoms with Crippen molar-refractivity contribution in [1.29, 1.82) is 0 Å². The molecule has 0 radical (unpaired) electrons. The maximum absolute atomic E-state index is 13.1. The number of amides is 1. The summed E-state index contributed by atoms with van der Waals surface area (Å²) >= 11 is 0. The summed E-state index contributed by atoms with van der Waals surface area (Å²) < 4.78 is 27.4. The second kappa shape index (κ2) is 5.90. The molecule has 1 amide bonds. The highest BCUT2D eigenvalue weighted by atomic mass is 32.2. The van der Waals surface area contributed by atoms with Crippen LogP contribution in [0.15, 0.2) is 35.4 Å². The van der Waals surface area contributed by atoms with Gasteiger partial charge in [0.2, 0.25) is 15.9 Å². The fourth-order valence-electron chi connectivity index (χ4n) is 3.05. The van der Waals surface area contributed by atoms with Crippen LogP contribution in [0.3, 0.4) is 0 Å². The van der Waals surface area contributed by atoms with Gasteiger partial charge < -0.3 is 5.73 Å². The zero-order valence-electron chi connectivity index (χ0n) is 12.9. The first-order valence-electron chi connectivity index (χ1n) is 7.58. The first-order chi connectivity index (χ1) is 10.9. The molecule has 1 aromatic heterocycles. The normalized spacial score (nSPS) is 19.8. The summed E-state index contributed by atoms with van der Waals surface area (Å²) in [7, 11) is -3.83. The molecule has 0 unspecified atom stereocenters. The van der Waals surface area contributed by atoms with Crippen molar-refractivity contribution in [1.82, 2.24) is 9.29 Å². The summed E-state index contributed by atoms with van der Waals surface area (Å²) in [5, 5.41) is 0.763. The molecule has 1 aliphatic heterocycles. The van der Waals surface area contributed by atoms with E-state index in [-0.39, 0.29) is 4.90 Å². The van der Waals surface area contributed by atoms with E-state index in [1.165, 1.54) is 10.4 Å². The first kappa shape index (κ1) is 15.9. The average molecular weight is 333 g/mol. The molecular formula is C16H19N3O3S. The Morgan fingerprint density at radius 3 is 2.87 bits per heavy atom. The van der Waals surface area contributed by atoms with Crippen molar-refractivity contribution in [3.63, 3.8) is 0 Å². The zero-order valence-corrected chi connectivity index (χ0v) is 13.7. The smallest absolute Gasteiger partial charge is 0.245 e. The molecule has 122 valence electrons. The molecule has 0 saturated carbocycles. The minimum absolute atomic E-state index is 0.128. The van der Waals surface area contributed by atoms with Crippen molar-refractivity contribution in [2.75, 3.05) is 6.54 Å². The number of carbonyl (C=O) groups is 1. The molecule has 2 heterocycles. The second-order valence-corrected chi connectivity index (χ2v) is 7.73. The molecule has 7 heteroatoms. The number of rotatable bonds is 3. The largest absolute Gasteiger partial charge is 0.368 e. The van der Waals surface area contributed by atoms with Gasteiger partial charge in [0.05, 0.1) is 5.52 Å². The number of fused-ring (bicyclic) bond motifs is 1. The summed E-state index contributed by atoms with van der Waals surface area (Å²) in [5.74, 6) is -0.600. The Morgan fingerprint density at radius 2 is 2.13 bits per heavy atom. The number of pyridine rings is 1. The van der Waals surface area contributed by atoms with Gasteiger partial charge in [0, 0.05) is 18.1 Å². The lowest BCUT2D eigenvalue weighted by Gasteiger charge is -2.32. The van der Waals surface area contributed by atoms with Crippen LogP contribution in [0.1, 0.15) is 24.8 Å². The molecule has 1 aromatic carbocycles. The number of aryl methyl sites for hydroxylation is 1. The van der Waals surface area contributed by atoms with E-state index in [0.29, 0.717) is 18.5 Å². The van der Waals surface area contributed by atoms with E-state index in [4.69, 9.17) is 5.73 Å². The highest BCUT2D eigenvalue weighted by Crippen LogP contribution is 2.29. The predicted molar refractivity (Wildman–Crippen MR) is 87.2 cm³/mol. The molecule has 2 aromatic rings. The minimum Gasteiger partial charge on any atom is -0.368 e. The van der Waals surface area contributed by atoms with Gasteiger partial charge >= 0.3 is 0 Å². The number of carbonyl (C=O) groups excluding carboxylic acids is 1. The van der Waals surface area contributed by atoms with Crippen molar-refractivity contribution >= 4 is 26.8 Å². The Hall–Kier alpha value is -1.99. The number of aromatic nitrogens is 1. The summed E-state index contributed by atoms with van der Waals surface area (Å²) in [4.78, 5) is 16.1. The molecule has 23 heavy (non-hydrogen) atoms. The third-order valence-corrected chi connectivity index (χ3v) is 6.12. The monoisotopic (exact) mass is 333 g/mol. The number of hydrogen-bond donors (Lipinski definition) is 1. The van der Waals surface area contributed by atoms with Crippen LogP contribution in [0.2, 0.25) is 0 Å². The maximum atomic E-state index is 13.1. The van der Waals surface area contributed by atoms with E-state index in [9.17, 15) is 13.2 Å². The number of piperidine rings is 1. The Bertz CT molecular complexity index is 864. The molecule has 3 rings (SSSR count). The number of para-hydroxylation sites is 1. The molecular weight excluding hydrogens is 314 g/mol. The molecule has 1 aliphatic rings. The van der Waals surface area contributed by atoms with Gasteiger partial charge in [0.15, 0.2) is 0 Å². The number of nitrogens with two attached hydrogens (primary N) is 1. The summed E-state index contributed by atoms with van der Waals surface area (Å²) in [5.41, 5.74) is 6.79. The van der Waals surface area contributed by atoms with Crippen LogP contribution >= 0.6 is 0 Å². The van der Waals surface area contributed by atoms with Crippen LogP contribution in [0.5, 0.6) is 0 Å². The lowest BCUT2D eigenvalue weighted by atomic mass is 10.0. The lowest BCUT2D eigenvalue weighted by Crippen LogP contribution is -2.50. The standard InChI is InChI=1S/C16H19N3O3S/c1-11-9-12-5-4-7-14(15(12)18-10-11)23(21,22)19-8-3-2-6-13(19)16(17)20/h4-5,7,9-10,13H,2-3,6,8H2,1H3,(H2,17,20)/t13-/m1/s1. The maximum Gasteiger partial charge on any atom is 0.245 e. The van der Waals surface area contributed by atoms with Gasteiger partial charge in [0.25, 0.3) is 0 Å². The van der Waals surface area contributed by atoms with Gasteiger partial charge in [-0.15, -0.1) is 0 Å². The average Bonchev–Trinajstić information content (AvgIpc) is 2.53. The van der Waals surface area contributed by atoms with Crippen molar-refractivity contribution in [2.24, 2.45) is 5.73 Å². The van der Waals surface area contributed by atoms with Gasteiger partial charge in [-0.2, -0.15) is 4.31 Å². The zero-order chi connectivity index (χ0) is 16.6. The third kappa shape index (κ3) is 2.82. The fourth-order valence-corrected chi connectivity index (χ4v) is 4.89. The molecule has 1 saturated heterocycles. The van der Waals surface area contributed by atoms with Gasteiger partial charge in [-0.05, 0) is 37.5 Å². The molecule has 0 spiro atoms. The van der Waals surface area contributed by atoms with Gasteiger partial charge in [-0.3, -0.25) is 9.78 Å². The molecule has 1 atom stereocenters. The van der Waals surface area contributed by atoms with E-state index >= 15 is 0 Å². The molecule has 0 bridgehead atoms. The molecule has 0 aliphatic carbocycles. The van der Waals surface area contributed by atoms with Gasteiger partial charge in [-0.25, -0.2) is 8.42 Å². The Balaban J connectivity index is 2.14. The predicted octanol–water partition coefficient (Wildman–Crippen LogP) is 1.57. The van der Waals surface area contributed by atoms with E-state index in [1.807, 2.05) is 19.1 Å². The Morgan fingerprint density at radius 1 is 1.35 bits per heavy atom. The number of benzene rings is 1. The highest BCUT2D eigenvalue weighted by Gasteiger charge is 2.37. The topological polar surface area (TPSA) is 93.4 Å². The third-order valence-electron chi connectivity index (χ3n) is 4.18. The summed E-state index contributed by atoms with van der Waals surface area (Å²) in [6.45, 7) is 2.21. The quantitative estimate of drug-likeness (QED) is 0.922. The van der Waals surface area contributed by atoms with E-state index < -0.39 is 22.0 Å². The van der Waals surface area contributed by atoms with Crippen LogP contribution in [0.25, 0.3) is 10.9 Å². The number of nitrogens with zero attached hydrogens (tertiary/aromatic N) is 2. The highest BCUT2D eigenvalue weighted by molar-refractivity contribution is 7.89. The molecule has 2 N–H and O–H groups in total. The lowest BCUT2D eigenvalue weighted by molar-refractivity contribution is -0.122. The second-order valence-electron chi connectivity index (χ2n) is 5.87. The molecule has 1 fully saturated rings. The van der Waals surface area contributed by atoms with E-state index in [1.54, 1.807) is 12.3 Å². The van der Waals surface area contributed by atoms with Crippen LogP contribution in [-0.4, -0.2) is 36.2 Å². The van der Waals surface area contributed by atoms with Crippen LogP contribution in [0, 0.1) is 6.92 Å². The number of primary amides is 1. The van der Waals surface area contributed by atoms with Crippen molar-refractivity contribution in [2.45, 2.75) is 37.1 Å². The molecule has 6 nitrogen and oxygen atoms in total. The van der Waals surface area contributed by atoms with Crippen molar-refractivity contribution < 1.29 is 13.2 Å². The fraction of sp³-hybridized carbons (Fsp3) is 0.375. The number of hydrogen-bond acceptors (Lipinski definition) is 4. The number of sulfonamides is 1. The van der Waals surface area contributed by atoms with E-state index in [0.717, 1.165) is 23.8 Å². The Kier molecular flexibility index (Phi) is 4.08. The Labute approximate surface area is 135 Å². The SMILES string of the molecule is Cc1cnc2c(S(=O)(=O)N3CCCC[C@@H]3C(N)=O)cccc2c1. The van der Waals surface area contributed by atoms with Crippen LogP contribution in [-0.2, 0) is 14.8 Å². The van der Waals surface area contributed by atoms with Crippen molar-refractivity contribution in [3.8, 4) is 0 Å². The first-order valence-corrected chi connectivity index (χ1v) is 9.02. The van der Waals surface area contributed by atoms with Crippen molar-refractivity contribution in [3.05, 3.63) is 36.0 Å². The minimum atomic E-state index is -3.83. The summed E-state index contributed by atoms with van der Waals surface area (Å²) in [6, 6.07) is 6.17. The van der Waals surface area contributed by atoms with Crippen LogP contribution in [0.4, 0.5) is 0 Å².